The zero-order chi connectivity index (χ0) is 17.4. The van der Waals surface area contributed by atoms with E-state index in [-0.39, 0.29) is 24.3 Å². The van der Waals surface area contributed by atoms with Crippen LogP contribution in [-0.2, 0) is 14.3 Å². The molecular weight excluding hydrogens is 313 g/mol. The number of benzene rings is 2. The molecule has 24 heavy (non-hydrogen) atoms. The molecule has 0 saturated carbocycles. The van der Waals surface area contributed by atoms with Crippen LogP contribution in [0, 0.1) is 5.82 Å². The topological polar surface area (TPSA) is 72.5 Å². The van der Waals surface area contributed by atoms with Gasteiger partial charge in [-0.2, -0.15) is 0 Å². The second-order valence-electron chi connectivity index (χ2n) is 5.00. The molecule has 124 valence electrons. The second kappa shape index (κ2) is 8.57. The summed E-state index contributed by atoms with van der Waals surface area (Å²) in [5, 5.41) is 2.64. The van der Waals surface area contributed by atoms with E-state index in [0.29, 0.717) is 5.69 Å². The molecule has 0 bridgehead atoms. The Balaban J connectivity index is 1.70. The lowest BCUT2D eigenvalue weighted by atomic mass is 10.1. The Hall–Kier alpha value is -3.02. The van der Waals surface area contributed by atoms with Crippen LogP contribution >= 0.6 is 0 Å². The molecule has 0 atom stereocenters. The lowest BCUT2D eigenvalue weighted by Gasteiger charge is -2.06. The van der Waals surface area contributed by atoms with E-state index in [9.17, 15) is 18.8 Å². The van der Waals surface area contributed by atoms with Crippen LogP contribution in [0.5, 0.6) is 0 Å². The Labute approximate surface area is 138 Å². The predicted molar refractivity (Wildman–Crippen MR) is 86.0 cm³/mol. The molecule has 1 amide bonds. The van der Waals surface area contributed by atoms with Crippen molar-refractivity contribution in [2.24, 2.45) is 0 Å². The average Bonchev–Trinajstić information content (AvgIpc) is 2.59. The molecule has 2 rings (SSSR count). The maximum absolute atomic E-state index is 12.8. The third kappa shape index (κ3) is 5.64. The van der Waals surface area contributed by atoms with E-state index in [4.69, 9.17) is 4.74 Å². The highest BCUT2D eigenvalue weighted by Gasteiger charge is 2.12. The molecule has 0 fully saturated rings. The first kappa shape index (κ1) is 17.3. The lowest BCUT2D eigenvalue weighted by Crippen LogP contribution is -2.17. The number of amides is 1. The van der Waals surface area contributed by atoms with E-state index in [0.717, 1.165) is 12.1 Å². The standard InChI is InChI=1S/C18H16FNO4/c19-14-8-6-13(7-9-14)16(21)12-24-18(23)11-10-17(22)20-15-4-2-1-3-5-15/h1-9H,10-12H2,(H,20,22). The van der Waals surface area contributed by atoms with Crippen LogP contribution in [0.2, 0.25) is 0 Å². The van der Waals surface area contributed by atoms with Gasteiger partial charge < -0.3 is 10.1 Å². The number of halogens is 1. The number of ether oxygens (including phenoxy) is 1. The van der Waals surface area contributed by atoms with Gasteiger partial charge in [0.2, 0.25) is 5.91 Å². The number of hydrogen-bond donors (Lipinski definition) is 1. The van der Waals surface area contributed by atoms with Gasteiger partial charge in [-0.25, -0.2) is 4.39 Å². The Morgan fingerprint density at radius 3 is 2.25 bits per heavy atom. The zero-order valence-corrected chi connectivity index (χ0v) is 12.8. The summed E-state index contributed by atoms with van der Waals surface area (Å²) in [5.74, 6) is -1.85. The van der Waals surface area contributed by atoms with Crippen LogP contribution in [0.15, 0.2) is 54.6 Å². The smallest absolute Gasteiger partial charge is 0.306 e. The summed E-state index contributed by atoms with van der Waals surface area (Å²) in [5.41, 5.74) is 0.897. The van der Waals surface area contributed by atoms with Crippen molar-refractivity contribution in [3.05, 3.63) is 66.0 Å². The van der Waals surface area contributed by atoms with Gasteiger partial charge in [0.05, 0.1) is 6.42 Å². The van der Waals surface area contributed by atoms with Crippen LogP contribution in [0.3, 0.4) is 0 Å². The molecular formula is C18H16FNO4. The Morgan fingerprint density at radius 2 is 1.58 bits per heavy atom. The Bertz CT molecular complexity index is 714. The quantitative estimate of drug-likeness (QED) is 0.626. The van der Waals surface area contributed by atoms with E-state index in [1.54, 1.807) is 24.3 Å². The largest absolute Gasteiger partial charge is 0.457 e. The van der Waals surface area contributed by atoms with Gasteiger partial charge in [-0.3, -0.25) is 14.4 Å². The summed E-state index contributed by atoms with van der Waals surface area (Å²) >= 11 is 0. The van der Waals surface area contributed by atoms with Gasteiger partial charge in [-0.1, -0.05) is 18.2 Å². The van der Waals surface area contributed by atoms with Crippen molar-refractivity contribution in [1.29, 1.82) is 0 Å². The molecule has 0 heterocycles. The first-order valence-corrected chi connectivity index (χ1v) is 7.34. The molecule has 0 saturated heterocycles. The summed E-state index contributed by atoms with van der Waals surface area (Å²) in [6.45, 7) is -0.440. The van der Waals surface area contributed by atoms with E-state index in [2.05, 4.69) is 5.32 Å². The van der Waals surface area contributed by atoms with Gasteiger partial charge in [0.25, 0.3) is 0 Å². The summed E-state index contributed by atoms with van der Waals surface area (Å²) in [4.78, 5) is 35.0. The van der Waals surface area contributed by atoms with E-state index >= 15 is 0 Å². The van der Waals surface area contributed by atoms with Crippen molar-refractivity contribution < 1.29 is 23.5 Å². The van der Waals surface area contributed by atoms with Crippen LogP contribution in [0.1, 0.15) is 23.2 Å². The molecule has 0 aliphatic carbocycles. The maximum atomic E-state index is 12.8. The highest BCUT2D eigenvalue weighted by molar-refractivity contribution is 5.98. The fraction of sp³-hybridized carbons (Fsp3) is 0.167. The third-order valence-corrected chi connectivity index (χ3v) is 3.14. The molecule has 0 aliphatic rings. The molecule has 0 spiro atoms. The van der Waals surface area contributed by atoms with Gasteiger partial charge in [0, 0.05) is 17.7 Å². The SMILES string of the molecule is O=C(CCC(=O)OCC(=O)c1ccc(F)cc1)Nc1ccccc1. The number of nitrogens with one attached hydrogen (secondary N) is 1. The minimum Gasteiger partial charge on any atom is -0.457 e. The van der Waals surface area contributed by atoms with Crippen LogP contribution in [0.4, 0.5) is 10.1 Å². The van der Waals surface area contributed by atoms with Crippen molar-refractivity contribution in [3.8, 4) is 0 Å². The minimum absolute atomic E-state index is 0.0432. The van der Waals surface area contributed by atoms with E-state index < -0.39 is 24.2 Å². The van der Waals surface area contributed by atoms with Gasteiger partial charge in [-0.05, 0) is 36.4 Å². The molecule has 6 heteroatoms. The van der Waals surface area contributed by atoms with Crippen LogP contribution in [-0.4, -0.2) is 24.3 Å². The number of rotatable bonds is 7. The zero-order valence-electron chi connectivity index (χ0n) is 12.8. The monoisotopic (exact) mass is 329 g/mol. The number of esters is 1. The summed E-state index contributed by atoms with van der Waals surface area (Å²) in [7, 11) is 0. The molecule has 0 aliphatic heterocycles. The highest BCUT2D eigenvalue weighted by atomic mass is 19.1. The van der Waals surface area contributed by atoms with Gasteiger partial charge in [-0.15, -0.1) is 0 Å². The number of ketones is 1. The van der Waals surface area contributed by atoms with Gasteiger partial charge in [0.15, 0.2) is 12.4 Å². The van der Waals surface area contributed by atoms with Crippen LogP contribution < -0.4 is 5.32 Å². The maximum Gasteiger partial charge on any atom is 0.306 e. The number of Topliss-reactive ketones (excluding diaryl/α,β-unsaturated/α-hetero) is 1. The van der Waals surface area contributed by atoms with Gasteiger partial charge >= 0.3 is 5.97 Å². The van der Waals surface area contributed by atoms with Crippen LogP contribution in [0.25, 0.3) is 0 Å². The minimum atomic E-state index is -0.645. The fourth-order valence-electron chi connectivity index (χ4n) is 1.90. The first-order chi connectivity index (χ1) is 11.5. The summed E-state index contributed by atoms with van der Waals surface area (Å²) < 4.78 is 17.6. The Morgan fingerprint density at radius 1 is 0.917 bits per heavy atom. The normalized spacial score (nSPS) is 10.0. The van der Waals surface area contributed by atoms with E-state index in [1.807, 2.05) is 6.07 Å². The molecule has 2 aromatic rings. The molecule has 0 unspecified atom stereocenters. The lowest BCUT2D eigenvalue weighted by molar-refractivity contribution is -0.143. The predicted octanol–water partition coefficient (Wildman–Crippen LogP) is 2.97. The third-order valence-electron chi connectivity index (χ3n) is 3.14. The molecule has 5 nitrogen and oxygen atoms in total. The summed E-state index contributed by atoms with van der Waals surface area (Å²) in [6.07, 6.45) is -0.173. The fourth-order valence-corrected chi connectivity index (χ4v) is 1.90. The van der Waals surface area contributed by atoms with E-state index in [1.165, 1.54) is 12.1 Å². The van der Waals surface area contributed by atoms with Gasteiger partial charge in [0.1, 0.15) is 5.82 Å². The molecule has 1 N–H and O–H groups in total. The first-order valence-electron chi connectivity index (χ1n) is 7.34. The van der Waals surface area contributed by atoms with Crippen molar-refractivity contribution in [2.75, 3.05) is 11.9 Å². The Kier molecular flexibility index (Phi) is 6.19. The van der Waals surface area contributed by atoms with Crippen molar-refractivity contribution >= 4 is 23.3 Å². The number of hydrogen-bond acceptors (Lipinski definition) is 4. The number of carbonyl (C=O) groups is 3. The molecule has 0 radical (unpaired) electrons. The number of para-hydroxylation sites is 1. The highest BCUT2D eigenvalue weighted by Crippen LogP contribution is 2.07. The number of anilines is 1. The van der Waals surface area contributed by atoms with Crippen molar-refractivity contribution in [2.45, 2.75) is 12.8 Å². The van der Waals surface area contributed by atoms with Crippen molar-refractivity contribution in [3.63, 3.8) is 0 Å². The summed E-state index contributed by atoms with van der Waals surface area (Å²) in [6, 6.07) is 13.8. The number of carbonyl (C=O) groups excluding carboxylic acids is 3. The van der Waals surface area contributed by atoms with Crippen molar-refractivity contribution in [1.82, 2.24) is 0 Å². The molecule has 0 aromatic heterocycles. The molecule has 2 aromatic carbocycles. The second-order valence-corrected chi connectivity index (χ2v) is 5.00. The average molecular weight is 329 g/mol.